The lowest BCUT2D eigenvalue weighted by Gasteiger charge is -2.37. The highest BCUT2D eigenvalue weighted by molar-refractivity contribution is 7.64. The summed E-state index contributed by atoms with van der Waals surface area (Å²) in [7, 11) is 10.8. The smallest absolute Gasteiger partial charge is 0.181 e. The Labute approximate surface area is 102 Å². The van der Waals surface area contributed by atoms with E-state index in [1.165, 1.54) is 12.8 Å². The fourth-order valence-corrected chi connectivity index (χ4v) is 5.17. The first-order valence-electron chi connectivity index (χ1n) is 5.96. The Morgan fingerprint density at radius 2 is 1.25 bits per heavy atom. The van der Waals surface area contributed by atoms with Crippen molar-refractivity contribution < 1.29 is 4.52 Å². The van der Waals surface area contributed by atoms with Crippen molar-refractivity contribution in [2.24, 2.45) is 0 Å². The standard InChI is InChI=1S/C11H29N3OP/c1-8-9-10-11-15-16(12(2)3,13(4)5)14(6)7/h8-11H2,1-7H3/q+1. The fraction of sp³-hybridized carbons (Fsp3) is 1.00. The predicted octanol–water partition coefficient (Wildman–Crippen LogP) is 2.56. The molecular formula is C11H29N3OP+. The van der Waals surface area contributed by atoms with Gasteiger partial charge in [-0.3, -0.25) is 0 Å². The van der Waals surface area contributed by atoms with Crippen LogP contribution in [0, 0.1) is 0 Å². The van der Waals surface area contributed by atoms with Gasteiger partial charge in [-0.1, -0.05) is 19.8 Å². The van der Waals surface area contributed by atoms with Crippen molar-refractivity contribution in [1.82, 2.24) is 14.0 Å². The lowest BCUT2D eigenvalue weighted by atomic mass is 10.3. The van der Waals surface area contributed by atoms with Gasteiger partial charge in [-0.25, -0.2) is 0 Å². The maximum atomic E-state index is 6.20. The van der Waals surface area contributed by atoms with Gasteiger partial charge in [0.25, 0.3) is 0 Å². The molecule has 16 heavy (non-hydrogen) atoms. The number of nitrogens with zero attached hydrogens (tertiary/aromatic N) is 3. The van der Waals surface area contributed by atoms with Crippen LogP contribution in [0.1, 0.15) is 26.2 Å². The molecule has 0 spiro atoms. The van der Waals surface area contributed by atoms with Crippen LogP contribution in [0.4, 0.5) is 0 Å². The van der Waals surface area contributed by atoms with Gasteiger partial charge in [0.2, 0.25) is 0 Å². The van der Waals surface area contributed by atoms with Crippen molar-refractivity contribution in [2.75, 3.05) is 48.9 Å². The maximum absolute atomic E-state index is 6.20. The summed E-state index contributed by atoms with van der Waals surface area (Å²) in [5.74, 6) is 0. The zero-order valence-electron chi connectivity index (χ0n) is 12.0. The number of unbranched alkanes of at least 4 members (excludes halogenated alkanes) is 2. The van der Waals surface area contributed by atoms with E-state index in [9.17, 15) is 0 Å². The highest BCUT2D eigenvalue weighted by atomic mass is 31.2. The Morgan fingerprint density at radius 3 is 1.56 bits per heavy atom. The van der Waals surface area contributed by atoms with E-state index in [0.29, 0.717) is 0 Å². The highest BCUT2D eigenvalue weighted by Crippen LogP contribution is 2.64. The molecule has 0 aliphatic rings. The normalized spacial score (nSPS) is 13.1. The molecule has 0 unspecified atom stereocenters. The molecule has 0 atom stereocenters. The number of rotatable bonds is 8. The molecule has 0 aromatic rings. The third kappa shape index (κ3) is 3.94. The first kappa shape index (κ1) is 16.3. The van der Waals surface area contributed by atoms with E-state index in [2.05, 4.69) is 63.2 Å². The molecule has 0 aliphatic heterocycles. The minimum absolute atomic E-state index is 0.843. The molecule has 0 aromatic carbocycles. The van der Waals surface area contributed by atoms with Crippen molar-refractivity contribution >= 4 is 7.94 Å². The second-order valence-corrected chi connectivity index (χ2v) is 8.28. The van der Waals surface area contributed by atoms with Crippen LogP contribution in [-0.2, 0) is 4.52 Å². The van der Waals surface area contributed by atoms with Crippen LogP contribution in [0.15, 0.2) is 0 Å². The molecule has 0 N–H and O–H groups in total. The van der Waals surface area contributed by atoms with Crippen LogP contribution in [0.5, 0.6) is 0 Å². The third-order valence-corrected chi connectivity index (χ3v) is 6.23. The molecule has 98 valence electrons. The summed E-state index contributed by atoms with van der Waals surface area (Å²) in [5, 5.41) is 0. The number of hydrogen-bond donors (Lipinski definition) is 0. The summed E-state index contributed by atoms with van der Waals surface area (Å²) in [6.07, 6.45) is 3.63. The summed E-state index contributed by atoms with van der Waals surface area (Å²) in [6, 6.07) is 0. The van der Waals surface area contributed by atoms with Crippen LogP contribution in [0.2, 0.25) is 0 Å². The number of hydrogen-bond acceptors (Lipinski definition) is 4. The highest BCUT2D eigenvalue weighted by Gasteiger charge is 2.50. The molecule has 0 aliphatic carbocycles. The van der Waals surface area contributed by atoms with E-state index in [4.69, 9.17) is 4.52 Å². The Hall–Kier alpha value is 0.270. The minimum atomic E-state index is -1.75. The molecule has 0 heterocycles. The van der Waals surface area contributed by atoms with E-state index in [1.54, 1.807) is 0 Å². The lowest BCUT2D eigenvalue weighted by molar-refractivity contribution is 0.234. The van der Waals surface area contributed by atoms with Crippen LogP contribution in [0.3, 0.4) is 0 Å². The first-order chi connectivity index (χ1) is 7.39. The summed E-state index contributed by atoms with van der Waals surface area (Å²) in [5.41, 5.74) is 0. The molecule has 0 rings (SSSR count). The molecule has 0 saturated heterocycles. The van der Waals surface area contributed by atoms with Crippen molar-refractivity contribution in [3.8, 4) is 0 Å². The SMILES string of the molecule is CCCCCO[P+](N(C)C)(N(C)C)N(C)C. The molecule has 0 amide bonds. The van der Waals surface area contributed by atoms with Gasteiger partial charge in [0.15, 0.2) is 0 Å². The Morgan fingerprint density at radius 1 is 0.812 bits per heavy atom. The van der Waals surface area contributed by atoms with Crippen LogP contribution in [0.25, 0.3) is 0 Å². The largest absolute Gasteiger partial charge is 0.369 e. The molecule has 0 saturated carbocycles. The zero-order valence-corrected chi connectivity index (χ0v) is 12.9. The van der Waals surface area contributed by atoms with E-state index < -0.39 is 7.94 Å². The van der Waals surface area contributed by atoms with Crippen molar-refractivity contribution in [1.29, 1.82) is 0 Å². The Balaban J connectivity index is 4.52. The summed E-state index contributed by atoms with van der Waals surface area (Å²) in [6.45, 7) is 3.06. The van der Waals surface area contributed by atoms with Gasteiger partial charge in [0, 0.05) is 42.3 Å². The Kier molecular flexibility index (Phi) is 7.70. The quantitative estimate of drug-likeness (QED) is 0.487. The minimum Gasteiger partial charge on any atom is -0.181 e. The molecule has 0 aromatic heterocycles. The second kappa shape index (κ2) is 7.57. The van der Waals surface area contributed by atoms with Gasteiger partial charge >= 0.3 is 7.94 Å². The Bertz CT molecular complexity index is 164. The molecular weight excluding hydrogens is 221 g/mol. The van der Waals surface area contributed by atoms with E-state index >= 15 is 0 Å². The van der Waals surface area contributed by atoms with Gasteiger partial charge in [-0.05, 0) is 6.42 Å². The fourth-order valence-electron chi connectivity index (χ4n) is 1.96. The van der Waals surface area contributed by atoms with E-state index in [1.807, 2.05) is 0 Å². The topological polar surface area (TPSA) is 19.0 Å². The summed E-state index contributed by atoms with van der Waals surface area (Å²) >= 11 is 0. The monoisotopic (exact) mass is 250 g/mol. The molecule has 4 nitrogen and oxygen atoms in total. The molecule has 5 heteroatoms. The zero-order chi connectivity index (χ0) is 12.8. The summed E-state index contributed by atoms with van der Waals surface area (Å²) < 4.78 is 12.8. The average molecular weight is 250 g/mol. The van der Waals surface area contributed by atoms with Gasteiger partial charge in [-0.15, -0.1) is 14.0 Å². The van der Waals surface area contributed by atoms with Gasteiger partial charge in [-0.2, -0.15) is 4.52 Å². The second-order valence-electron chi connectivity index (χ2n) is 4.60. The first-order valence-corrected chi connectivity index (χ1v) is 7.53. The average Bonchev–Trinajstić information content (AvgIpc) is 2.16. The van der Waals surface area contributed by atoms with Crippen molar-refractivity contribution in [2.45, 2.75) is 26.2 Å². The van der Waals surface area contributed by atoms with Gasteiger partial charge < -0.3 is 0 Å². The van der Waals surface area contributed by atoms with E-state index in [0.717, 1.165) is 13.0 Å². The van der Waals surface area contributed by atoms with E-state index in [-0.39, 0.29) is 0 Å². The van der Waals surface area contributed by atoms with Crippen molar-refractivity contribution in [3.05, 3.63) is 0 Å². The lowest BCUT2D eigenvalue weighted by Crippen LogP contribution is -2.37. The molecule has 0 radical (unpaired) electrons. The van der Waals surface area contributed by atoms with Crippen LogP contribution >= 0.6 is 7.94 Å². The van der Waals surface area contributed by atoms with Crippen molar-refractivity contribution in [3.63, 3.8) is 0 Å². The van der Waals surface area contributed by atoms with Crippen LogP contribution in [-0.4, -0.2) is 62.9 Å². The maximum Gasteiger partial charge on any atom is 0.369 e. The predicted molar refractivity (Wildman–Crippen MR) is 73.5 cm³/mol. The van der Waals surface area contributed by atoms with Gasteiger partial charge in [0.1, 0.15) is 0 Å². The van der Waals surface area contributed by atoms with Gasteiger partial charge in [0.05, 0.1) is 6.61 Å². The van der Waals surface area contributed by atoms with Crippen LogP contribution < -0.4 is 0 Å². The third-order valence-electron chi connectivity index (χ3n) is 2.58. The molecule has 0 fully saturated rings. The molecule has 0 bridgehead atoms. The summed E-state index contributed by atoms with van der Waals surface area (Å²) in [4.78, 5) is 0.